The fourth-order valence-corrected chi connectivity index (χ4v) is 1.08. The molecule has 0 unspecified atom stereocenters. The third-order valence-corrected chi connectivity index (χ3v) is 1.89. The molecular formula is C6H13NO4. The normalized spacial score (nSPS) is 52.6. The highest BCUT2D eigenvalue weighted by Gasteiger charge is 2.39. The van der Waals surface area contributed by atoms with Crippen molar-refractivity contribution in [1.29, 1.82) is 0 Å². The van der Waals surface area contributed by atoms with Gasteiger partial charge in [-0.15, -0.1) is 0 Å². The van der Waals surface area contributed by atoms with Gasteiger partial charge in [0.1, 0.15) is 24.5 Å². The summed E-state index contributed by atoms with van der Waals surface area (Å²) in [6.45, 7) is 1.58. The smallest absolute Gasteiger partial charge is 0.135 e. The summed E-state index contributed by atoms with van der Waals surface area (Å²) in [5, 5.41) is 27.3. The number of nitrogens with two attached hydrogens (primary N) is 1. The molecule has 5 atom stereocenters. The molecule has 1 aliphatic heterocycles. The standard InChI is InChI=1S/C6H13NO4/c1-2-3(8)4(9)5(10)6(7)11-2/h2-6,8-10H,7H2,1H3/t2-,3-,4+,5-,6-/m1/s1. The highest BCUT2D eigenvalue weighted by Crippen LogP contribution is 2.17. The zero-order valence-electron chi connectivity index (χ0n) is 6.21. The van der Waals surface area contributed by atoms with E-state index in [4.69, 9.17) is 25.8 Å². The maximum absolute atomic E-state index is 9.14. The second kappa shape index (κ2) is 3.04. The van der Waals surface area contributed by atoms with Crippen LogP contribution in [0.25, 0.3) is 0 Å². The quantitative estimate of drug-likeness (QED) is 0.324. The van der Waals surface area contributed by atoms with E-state index in [1.165, 1.54) is 0 Å². The Labute approximate surface area is 64.4 Å². The van der Waals surface area contributed by atoms with E-state index in [-0.39, 0.29) is 0 Å². The van der Waals surface area contributed by atoms with Crippen molar-refractivity contribution in [3.63, 3.8) is 0 Å². The van der Waals surface area contributed by atoms with E-state index in [1.807, 2.05) is 0 Å². The first kappa shape index (κ1) is 8.89. The van der Waals surface area contributed by atoms with Crippen molar-refractivity contribution in [2.45, 2.75) is 37.6 Å². The first-order valence-corrected chi connectivity index (χ1v) is 3.49. The van der Waals surface area contributed by atoms with E-state index in [0.29, 0.717) is 0 Å². The SMILES string of the molecule is C[C@H]1O[C@@H](N)[C@H](O)[C@@H](O)[C@@H]1O. The van der Waals surface area contributed by atoms with Gasteiger partial charge in [0.05, 0.1) is 6.10 Å². The first-order chi connectivity index (χ1) is 5.04. The molecular weight excluding hydrogens is 150 g/mol. The monoisotopic (exact) mass is 163 g/mol. The summed E-state index contributed by atoms with van der Waals surface area (Å²) >= 11 is 0. The molecule has 0 aromatic heterocycles. The maximum Gasteiger partial charge on any atom is 0.135 e. The van der Waals surface area contributed by atoms with E-state index < -0.39 is 30.6 Å². The molecule has 5 nitrogen and oxygen atoms in total. The lowest BCUT2D eigenvalue weighted by Gasteiger charge is -2.37. The van der Waals surface area contributed by atoms with Crippen LogP contribution in [0.5, 0.6) is 0 Å². The highest BCUT2D eigenvalue weighted by atomic mass is 16.5. The van der Waals surface area contributed by atoms with Crippen molar-refractivity contribution in [1.82, 2.24) is 0 Å². The van der Waals surface area contributed by atoms with Gasteiger partial charge in [-0.25, -0.2) is 0 Å². The predicted molar refractivity (Wildman–Crippen MR) is 36.5 cm³/mol. The molecule has 0 radical (unpaired) electrons. The summed E-state index contributed by atoms with van der Waals surface area (Å²) in [5.41, 5.74) is 5.28. The van der Waals surface area contributed by atoms with E-state index in [1.54, 1.807) is 6.92 Å². The fourth-order valence-electron chi connectivity index (χ4n) is 1.08. The molecule has 1 saturated heterocycles. The lowest BCUT2D eigenvalue weighted by atomic mass is 9.99. The minimum atomic E-state index is -1.21. The first-order valence-electron chi connectivity index (χ1n) is 3.49. The van der Waals surface area contributed by atoms with Gasteiger partial charge in [-0.1, -0.05) is 0 Å². The molecule has 0 bridgehead atoms. The van der Waals surface area contributed by atoms with Gasteiger partial charge in [0.15, 0.2) is 0 Å². The van der Waals surface area contributed by atoms with Crippen LogP contribution in [0.3, 0.4) is 0 Å². The lowest BCUT2D eigenvalue weighted by molar-refractivity contribution is -0.215. The van der Waals surface area contributed by atoms with Gasteiger partial charge < -0.3 is 25.8 Å². The highest BCUT2D eigenvalue weighted by molar-refractivity contribution is 4.87. The molecule has 0 spiro atoms. The van der Waals surface area contributed by atoms with Gasteiger partial charge in [-0.3, -0.25) is 0 Å². The van der Waals surface area contributed by atoms with Gasteiger partial charge in [0.2, 0.25) is 0 Å². The molecule has 5 heteroatoms. The topological polar surface area (TPSA) is 95.9 Å². The van der Waals surface area contributed by atoms with Crippen LogP contribution in [-0.2, 0) is 4.74 Å². The molecule has 0 amide bonds. The number of rotatable bonds is 0. The van der Waals surface area contributed by atoms with Crippen molar-refractivity contribution in [2.24, 2.45) is 5.73 Å². The molecule has 5 N–H and O–H groups in total. The molecule has 1 heterocycles. The number of ether oxygens (including phenoxy) is 1. The zero-order chi connectivity index (χ0) is 8.59. The van der Waals surface area contributed by atoms with Crippen LogP contribution < -0.4 is 5.73 Å². The Kier molecular flexibility index (Phi) is 2.46. The average Bonchev–Trinajstić information content (AvgIpc) is 1.97. The molecule has 0 aromatic carbocycles. The summed E-state index contributed by atoms with van der Waals surface area (Å²) in [4.78, 5) is 0. The third-order valence-electron chi connectivity index (χ3n) is 1.89. The van der Waals surface area contributed by atoms with Crippen molar-refractivity contribution < 1.29 is 20.1 Å². The van der Waals surface area contributed by atoms with E-state index in [9.17, 15) is 0 Å². The summed E-state index contributed by atoms with van der Waals surface area (Å²) in [6.07, 6.45) is -4.94. The third kappa shape index (κ3) is 1.52. The molecule has 1 fully saturated rings. The van der Waals surface area contributed by atoms with Gasteiger partial charge in [-0.05, 0) is 6.92 Å². The predicted octanol–water partition coefficient (Wildman–Crippen LogP) is -2.23. The summed E-state index contributed by atoms with van der Waals surface area (Å²) in [7, 11) is 0. The Hall–Kier alpha value is -0.200. The molecule has 66 valence electrons. The summed E-state index contributed by atoms with van der Waals surface area (Å²) < 4.78 is 4.90. The number of aliphatic hydroxyl groups excluding tert-OH is 3. The summed E-state index contributed by atoms with van der Waals surface area (Å²) in [5.74, 6) is 0. The molecule has 1 aliphatic rings. The Morgan fingerprint density at radius 2 is 1.64 bits per heavy atom. The minimum Gasteiger partial charge on any atom is -0.388 e. The number of hydrogen-bond acceptors (Lipinski definition) is 5. The molecule has 1 rings (SSSR count). The van der Waals surface area contributed by atoms with Crippen LogP contribution in [-0.4, -0.2) is 46.0 Å². The van der Waals surface area contributed by atoms with Crippen LogP contribution in [0.4, 0.5) is 0 Å². The second-order valence-corrected chi connectivity index (χ2v) is 2.78. The van der Waals surface area contributed by atoms with Gasteiger partial charge in [-0.2, -0.15) is 0 Å². The van der Waals surface area contributed by atoms with E-state index in [2.05, 4.69) is 0 Å². The van der Waals surface area contributed by atoms with Crippen LogP contribution in [0, 0.1) is 0 Å². The van der Waals surface area contributed by atoms with Gasteiger partial charge in [0.25, 0.3) is 0 Å². The van der Waals surface area contributed by atoms with Gasteiger partial charge >= 0.3 is 0 Å². The summed E-state index contributed by atoms with van der Waals surface area (Å²) in [6, 6.07) is 0. The fraction of sp³-hybridized carbons (Fsp3) is 1.00. The molecule has 0 aliphatic carbocycles. The van der Waals surface area contributed by atoms with Crippen molar-refractivity contribution >= 4 is 0 Å². The molecule has 0 aromatic rings. The van der Waals surface area contributed by atoms with Crippen LogP contribution in [0.1, 0.15) is 6.92 Å². The molecule has 0 saturated carbocycles. The minimum absolute atomic E-state index is 0.539. The largest absolute Gasteiger partial charge is 0.388 e. The van der Waals surface area contributed by atoms with Gasteiger partial charge in [0, 0.05) is 0 Å². The Bertz CT molecular complexity index is 129. The van der Waals surface area contributed by atoms with Crippen LogP contribution in [0.2, 0.25) is 0 Å². The Morgan fingerprint density at radius 1 is 1.09 bits per heavy atom. The maximum atomic E-state index is 9.14. The van der Waals surface area contributed by atoms with Crippen molar-refractivity contribution in [3.8, 4) is 0 Å². The Morgan fingerprint density at radius 3 is 2.18 bits per heavy atom. The van der Waals surface area contributed by atoms with E-state index in [0.717, 1.165) is 0 Å². The number of hydrogen-bond donors (Lipinski definition) is 4. The van der Waals surface area contributed by atoms with Crippen molar-refractivity contribution in [2.75, 3.05) is 0 Å². The van der Waals surface area contributed by atoms with Crippen LogP contribution in [0.15, 0.2) is 0 Å². The Balaban J connectivity index is 2.63. The lowest BCUT2D eigenvalue weighted by Crippen LogP contribution is -2.59. The second-order valence-electron chi connectivity index (χ2n) is 2.78. The van der Waals surface area contributed by atoms with Crippen molar-refractivity contribution in [3.05, 3.63) is 0 Å². The van der Waals surface area contributed by atoms with E-state index >= 15 is 0 Å². The zero-order valence-corrected chi connectivity index (χ0v) is 6.21. The van der Waals surface area contributed by atoms with Crippen LogP contribution >= 0.6 is 0 Å². The average molecular weight is 163 g/mol. The molecule has 11 heavy (non-hydrogen) atoms. The number of aliphatic hydroxyl groups is 3.